The fraction of sp³-hybridized carbons (Fsp3) is 0.417. The fourth-order valence-corrected chi connectivity index (χ4v) is 7.29. The van der Waals surface area contributed by atoms with Crippen molar-refractivity contribution in [1.82, 2.24) is 5.32 Å². The van der Waals surface area contributed by atoms with Crippen molar-refractivity contribution >= 4 is 17.8 Å². The Morgan fingerprint density at radius 2 is 1.28 bits per heavy atom. The number of hydrogen-bond acceptors (Lipinski definition) is 7. The van der Waals surface area contributed by atoms with E-state index in [2.05, 4.69) is 19.4 Å². The van der Waals surface area contributed by atoms with Gasteiger partial charge in [0, 0.05) is 32.2 Å². The van der Waals surface area contributed by atoms with Gasteiger partial charge in [-0.25, -0.2) is 0 Å². The highest BCUT2D eigenvalue weighted by molar-refractivity contribution is 5.80. The molecule has 2 N–H and O–H groups in total. The van der Waals surface area contributed by atoms with Gasteiger partial charge in [-0.1, -0.05) is 54.6 Å². The summed E-state index contributed by atoms with van der Waals surface area (Å²) in [6, 6.07) is 24.9. The number of amides is 1. The largest absolute Gasteiger partial charge is 0.497 e. The normalized spacial score (nSPS) is 23.3. The number of hydrogen-bond donors (Lipinski definition) is 2. The number of carboxylic acids is 1. The lowest BCUT2D eigenvalue weighted by molar-refractivity contribution is -0.933. The van der Waals surface area contributed by atoms with Crippen LogP contribution in [0, 0.1) is 0 Å². The summed E-state index contributed by atoms with van der Waals surface area (Å²) < 4.78 is 25.2. The summed E-state index contributed by atoms with van der Waals surface area (Å²) in [7, 11) is 7.47. The lowest BCUT2D eigenvalue weighted by Crippen LogP contribution is -2.60. The van der Waals surface area contributed by atoms with Gasteiger partial charge in [0.25, 0.3) is 0 Å². The van der Waals surface area contributed by atoms with Gasteiger partial charge in [-0.05, 0) is 41.0 Å². The van der Waals surface area contributed by atoms with E-state index in [1.807, 2.05) is 78.9 Å². The van der Waals surface area contributed by atoms with Gasteiger partial charge < -0.3 is 33.9 Å². The van der Waals surface area contributed by atoms with Crippen LogP contribution < -0.4 is 14.8 Å². The minimum Gasteiger partial charge on any atom is -0.497 e. The smallest absolute Gasteiger partial charge is 0.303 e. The molecule has 2 aliphatic heterocycles. The predicted molar refractivity (Wildman–Crippen MR) is 170 cm³/mol. The molecule has 2 aliphatic rings. The molecule has 0 aromatic heterocycles. The first-order valence-electron chi connectivity index (χ1n) is 15.5. The Morgan fingerprint density at radius 1 is 0.783 bits per heavy atom. The summed E-state index contributed by atoms with van der Waals surface area (Å²) in [5.41, 5.74) is 1.46. The average Bonchev–Trinajstić information content (AvgIpc) is 3.13. The van der Waals surface area contributed by atoms with Crippen molar-refractivity contribution in [3.8, 4) is 11.5 Å². The van der Waals surface area contributed by atoms with E-state index in [0.29, 0.717) is 28.8 Å². The van der Waals surface area contributed by atoms with Gasteiger partial charge in [-0.2, -0.15) is 0 Å². The number of nitrogens with zero attached hydrogens (tertiary/aromatic N) is 1. The van der Waals surface area contributed by atoms with Crippen LogP contribution in [0.5, 0.6) is 11.5 Å². The number of fused-ring (bicyclic) bond motifs is 2. The molecule has 2 fully saturated rings. The number of carbonyl (C=O) groups excluding carboxylic acids is 2. The maximum Gasteiger partial charge on any atom is 0.303 e. The SMILES string of the molecule is COc1ccc(C(O[C@H]2[C@@H](OC(C)=O)[C@@H]3CC(NC(=O)CCC(=O)O)C[C@H]2[N+]3(C)C)(c2ccccc2)c2ccc(OC)cc2)cc1. The van der Waals surface area contributed by atoms with Crippen LogP contribution in [0.1, 0.15) is 49.3 Å². The zero-order chi connectivity index (χ0) is 33.1. The number of piperidine rings is 1. The molecule has 0 radical (unpaired) electrons. The molecule has 0 spiro atoms. The van der Waals surface area contributed by atoms with Gasteiger partial charge in [0.05, 0.1) is 34.7 Å². The first-order chi connectivity index (χ1) is 22.0. The fourth-order valence-electron chi connectivity index (χ4n) is 7.29. The standard InChI is InChI=1S/C36H42N2O8/c1-23(39)45-34-30-21-27(37-32(40)19-20-33(41)42)22-31(38(30,2)3)35(34)46-36(24-9-7-6-8-10-24,25-11-15-28(43-4)16-12-25)26-13-17-29(44-5)18-14-26/h6-18,27,30-31,34-35H,19-22H2,1-5H3,(H-,37,40,41,42)/p+1/t27?,30-,31+,34-,35+/m0/s1. The van der Waals surface area contributed by atoms with E-state index in [1.165, 1.54) is 6.92 Å². The van der Waals surface area contributed by atoms with Crippen LogP contribution >= 0.6 is 0 Å². The van der Waals surface area contributed by atoms with E-state index in [-0.39, 0.29) is 36.9 Å². The third-order valence-corrected chi connectivity index (χ3v) is 9.56. The van der Waals surface area contributed by atoms with Crippen LogP contribution in [0.15, 0.2) is 78.9 Å². The second-order valence-electron chi connectivity index (χ2n) is 12.6. The molecule has 3 aromatic carbocycles. The molecule has 5 rings (SSSR count). The second kappa shape index (κ2) is 13.5. The Kier molecular flexibility index (Phi) is 9.69. The molecular formula is C36H43N2O8+. The number of carboxylic acid groups (broad SMARTS) is 1. The maximum atomic E-state index is 12.7. The Hall–Kier alpha value is -4.41. The Balaban J connectivity index is 1.64. The number of nitrogens with one attached hydrogen (secondary N) is 1. The summed E-state index contributed by atoms with van der Waals surface area (Å²) in [4.78, 5) is 36.4. The first kappa shape index (κ1) is 33.0. The number of likely N-dealkylation sites (N-methyl/N-ethyl adjacent to an activating group) is 1. The number of esters is 1. The monoisotopic (exact) mass is 631 g/mol. The Bertz CT molecular complexity index is 1480. The van der Waals surface area contributed by atoms with Crippen molar-refractivity contribution in [2.75, 3.05) is 28.3 Å². The van der Waals surface area contributed by atoms with Crippen molar-refractivity contribution in [3.63, 3.8) is 0 Å². The predicted octanol–water partition coefficient (Wildman–Crippen LogP) is 4.28. The van der Waals surface area contributed by atoms with E-state index >= 15 is 0 Å². The van der Waals surface area contributed by atoms with Crippen LogP contribution in [-0.4, -0.2) is 86.1 Å². The van der Waals surface area contributed by atoms with Crippen molar-refractivity contribution in [2.24, 2.45) is 0 Å². The van der Waals surface area contributed by atoms with Gasteiger partial charge in [0.1, 0.15) is 29.2 Å². The summed E-state index contributed by atoms with van der Waals surface area (Å²) in [5.74, 6) is -0.333. The van der Waals surface area contributed by atoms with Crippen LogP contribution in [-0.2, 0) is 29.5 Å². The van der Waals surface area contributed by atoms with E-state index in [4.69, 9.17) is 24.1 Å². The Labute approximate surface area is 269 Å². The number of quaternary nitrogens is 1. The Morgan fingerprint density at radius 3 is 1.76 bits per heavy atom. The molecule has 10 nitrogen and oxygen atoms in total. The highest BCUT2D eigenvalue weighted by Gasteiger charge is 2.64. The van der Waals surface area contributed by atoms with Gasteiger partial charge in [-0.15, -0.1) is 0 Å². The molecule has 2 saturated heterocycles. The number of aliphatic carboxylic acids is 1. The average molecular weight is 632 g/mol. The zero-order valence-electron chi connectivity index (χ0n) is 27.0. The van der Waals surface area contributed by atoms with E-state index in [1.54, 1.807) is 14.2 Å². The zero-order valence-corrected chi connectivity index (χ0v) is 27.0. The lowest BCUT2D eigenvalue weighted by atomic mass is 9.79. The van der Waals surface area contributed by atoms with Crippen LogP contribution in [0.4, 0.5) is 0 Å². The van der Waals surface area contributed by atoms with Crippen LogP contribution in [0.3, 0.4) is 0 Å². The van der Waals surface area contributed by atoms with Gasteiger partial charge in [0.15, 0.2) is 12.2 Å². The molecule has 1 amide bonds. The number of ether oxygens (including phenoxy) is 4. The second-order valence-corrected chi connectivity index (χ2v) is 12.6. The van der Waals surface area contributed by atoms with Crippen molar-refractivity contribution < 1.29 is 42.9 Å². The van der Waals surface area contributed by atoms with Crippen molar-refractivity contribution in [3.05, 3.63) is 95.6 Å². The molecule has 10 heteroatoms. The third-order valence-electron chi connectivity index (χ3n) is 9.56. The van der Waals surface area contributed by atoms with Crippen molar-refractivity contribution in [2.45, 2.75) is 68.5 Å². The molecule has 244 valence electrons. The van der Waals surface area contributed by atoms with Crippen LogP contribution in [0.2, 0.25) is 0 Å². The number of benzene rings is 3. The molecule has 2 heterocycles. The summed E-state index contributed by atoms with van der Waals surface area (Å²) in [5, 5.41) is 12.1. The highest BCUT2D eigenvalue weighted by atomic mass is 16.6. The minimum atomic E-state index is -1.14. The van der Waals surface area contributed by atoms with Crippen molar-refractivity contribution in [1.29, 1.82) is 0 Å². The van der Waals surface area contributed by atoms with E-state index < -0.39 is 29.7 Å². The molecule has 3 aromatic rings. The summed E-state index contributed by atoms with van der Waals surface area (Å²) >= 11 is 0. The molecule has 46 heavy (non-hydrogen) atoms. The van der Waals surface area contributed by atoms with E-state index in [9.17, 15) is 14.4 Å². The third kappa shape index (κ3) is 6.45. The molecule has 0 aliphatic carbocycles. The maximum absolute atomic E-state index is 12.7. The molecule has 0 saturated carbocycles. The van der Waals surface area contributed by atoms with E-state index in [0.717, 1.165) is 16.7 Å². The molecular weight excluding hydrogens is 588 g/mol. The number of rotatable bonds is 12. The topological polar surface area (TPSA) is 120 Å². The highest BCUT2D eigenvalue weighted by Crippen LogP contribution is 2.49. The molecule has 5 atom stereocenters. The lowest BCUT2D eigenvalue weighted by Gasteiger charge is -2.45. The first-order valence-corrected chi connectivity index (χ1v) is 15.5. The van der Waals surface area contributed by atoms with Crippen LogP contribution in [0.25, 0.3) is 0 Å². The minimum absolute atomic E-state index is 0.0984. The number of carbonyl (C=O) groups is 3. The molecule has 1 unspecified atom stereocenters. The quantitative estimate of drug-likeness (QED) is 0.173. The van der Waals surface area contributed by atoms with Gasteiger partial charge in [-0.3, -0.25) is 14.4 Å². The van der Waals surface area contributed by atoms with Gasteiger partial charge >= 0.3 is 11.9 Å². The number of methoxy groups -OCH3 is 2. The van der Waals surface area contributed by atoms with Gasteiger partial charge in [0.2, 0.25) is 5.91 Å². The molecule has 2 bridgehead atoms. The summed E-state index contributed by atoms with van der Waals surface area (Å²) in [6.07, 6.45) is -0.423. The summed E-state index contributed by atoms with van der Waals surface area (Å²) in [6.45, 7) is 1.40.